The van der Waals surface area contributed by atoms with Gasteiger partial charge in [0.2, 0.25) is 0 Å². The number of allylic oxidation sites excluding steroid dienone is 5. The lowest BCUT2D eigenvalue weighted by atomic mass is 9.69. The van der Waals surface area contributed by atoms with E-state index in [0.29, 0.717) is 29.2 Å². The van der Waals surface area contributed by atoms with Gasteiger partial charge in [0.15, 0.2) is 0 Å². The fourth-order valence-electron chi connectivity index (χ4n) is 4.64. The van der Waals surface area contributed by atoms with E-state index in [9.17, 15) is 13.2 Å². The number of alkyl halides is 3. The van der Waals surface area contributed by atoms with Crippen molar-refractivity contribution in [2.45, 2.75) is 19.1 Å². The fraction of sp³-hybridized carbons (Fsp3) is 0.550. The predicted octanol–water partition coefficient (Wildman–Crippen LogP) is 3.70. The number of likely N-dealkylation sites (N-methyl/N-ethyl adjacent to an activating group) is 1. The summed E-state index contributed by atoms with van der Waals surface area (Å²) in [5.41, 5.74) is 2.47. The van der Waals surface area contributed by atoms with E-state index in [1.807, 2.05) is 5.41 Å². The summed E-state index contributed by atoms with van der Waals surface area (Å²) in [6, 6.07) is 2.06. The Morgan fingerprint density at radius 2 is 1.96 bits per heavy atom. The second-order valence-electron chi connectivity index (χ2n) is 7.78. The molecule has 0 bridgehead atoms. The summed E-state index contributed by atoms with van der Waals surface area (Å²) < 4.78 is 41.9. The van der Waals surface area contributed by atoms with E-state index in [4.69, 9.17) is 5.26 Å². The maximum atomic E-state index is 14.0. The molecule has 4 aliphatic rings. The molecule has 4 rings (SSSR count). The lowest BCUT2D eigenvalue weighted by molar-refractivity contribution is -0.233. The number of hydrogen-bond acceptors (Lipinski definition) is 5. The standard InChI is InChI=1S/C20H23F3N4S/c1-25-8-10-26(11-9-25)17-5-7-27(20(21,22)23)18-3-2-15(4-6-24)12-19(18)14-28-13-16(17)19/h3-5,13H,2,7-12,14H2,1H3/b15-4-. The van der Waals surface area contributed by atoms with Crippen LogP contribution in [0, 0.1) is 16.7 Å². The Morgan fingerprint density at radius 1 is 1.21 bits per heavy atom. The van der Waals surface area contributed by atoms with Crippen molar-refractivity contribution < 1.29 is 13.2 Å². The first-order chi connectivity index (χ1) is 13.3. The van der Waals surface area contributed by atoms with Crippen LogP contribution in [0.2, 0.25) is 0 Å². The van der Waals surface area contributed by atoms with Crippen molar-refractivity contribution in [3.63, 3.8) is 0 Å². The number of nitrogens with zero attached hydrogens (tertiary/aromatic N) is 4. The highest BCUT2D eigenvalue weighted by Crippen LogP contribution is 2.58. The first-order valence-corrected chi connectivity index (χ1v) is 10.5. The van der Waals surface area contributed by atoms with E-state index in [1.54, 1.807) is 23.9 Å². The summed E-state index contributed by atoms with van der Waals surface area (Å²) >= 11 is 1.58. The van der Waals surface area contributed by atoms with Crippen molar-refractivity contribution >= 4 is 11.8 Å². The van der Waals surface area contributed by atoms with E-state index in [2.05, 4.69) is 22.9 Å². The lowest BCUT2D eigenvalue weighted by Crippen LogP contribution is -2.46. The number of piperazine rings is 1. The zero-order chi connectivity index (χ0) is 19.9. The van der Waals surface area contributed by atoms with Crippen molar-refractivity contribution in [2.75, 3.05) is 45.5 Å². The van der Waals surface area contributed by atoms with Gasteiger partial charge in [-0.1, -0.05) is 11.6 Å². The molecule has 1 atom stereocenters. The third-order valence-corrected chi connectivity index (χ3v) is 7.14. The summed E-state index contributed by atoms with van der Waals surface area (Å²) in [5, 5.41) is 11.1. The molecule has 8 heteroatoms. The SMILES string of the molecule is CN1CCN(C2=CCN(C(F)(F)F)C3=CC/C(=C/C#N)CC34CSC=C24)CC1. The molecule has 0 N–H and O–H groups in total. The van der Waals surface area contributed by atoms with Gasteiger partial charge in [-0.15, -0.1) is 11.8 Å². The third-order valence-electron chi connectivity index (χ3n) is 6.08. The molecule has 3 aliphatic heterocycles. The molecule has 1 aliphatic carbocycles. The van der Waals surface area contributed by atoms with Crippen molar-refractivity contribution in [2.24, 2.45) is 5.41 Å². The summed E-state index contributed by atoms with van der Waals surface area (Å²) in [6.45, 7) is 3.25. The van der Waals surface area contributed by atoms with Crippen LogP contribution < -0.4 is 0 Å². The van der Waals surface area contributed by atoms with Gasteiger partial charge in [0.25, 0.3) is 0 Å². The Balaban J connectivity index is 1.80. The minimum atomic E-state index is -4.43. The lowest BCUT2D eigenvalue weighted by Gasteiger charge is -2.44. The number of rotatable bonds is 1. The van der Waals surface area contributed by atoms with Gasteiger partial charge in [-0.25, -0.2) is 0 Å². The van der Waals surface area contributed by atoms with Gasteiger partial charge in [-0.05, 0) is 36.9 Å². The second-order valence-corrected chi connectivity index (χ2v) is 8.64. The molecular weight excluding hydrogens is 385 g/mol. The number of hydrogen-bond donors (Lipinski definition) is 0. The number of halogens is 3. The maximum absolute atomic E-state index is 14.0. The molecule has 3 heterocycles. The molecule has 28 heavy (non-hydrogen) atoms. The van der Waals surface area contributed by atoms with Crippen molar-refractivity contribution in [1.29, 1.82) is 5.26 Å². The first-order valence-electron chi connectivity index (χ1n) is 9.44. The average Bonchev–Trinajstić information content (AvgIpc) is 2.97. The molecule has 0 aromatic heterocycles. The van der Waals surface area contributed by atoms with Gasteiger partial charge in [-0.3, -0.25) is 4.90 Å². The summed E-state index contributed by atoms with van der Waals surface area (Å²) in [5.74, 6) is 0.578. The molecule has 1 unspecified atom stereocenters. The normalized spacial score (nSPS) is 30.1. The molecule has 1 saturated heterocycles. The predicted molar refractivity (Wildman–Crippen MR) is 104 cm³/mol. The van der Waals surface area contributed by atoms with Crippen LogP contribution in [0.4, 0.5) is 13.2 Å². The molecule has 0 amide bonds. The second kappa shape index (κ2) is 7.20. The zero-order valence-corrected chi connectivity index (χ0v) is 16.6. The molecular formula is C20H23F3N4S. The van der Waals surface area contributed by atoms with Gasteiger partial charge in [0, 0.05) is 55.9 Å². The smallest absolute Gasteiger partial charge is 0.369 e. The first kappa shape index (κ1) is 19.5. The molecule has 0 aromatic carbocycles. The topological polar surface area (TPSA) is 33.5 Å². The van der Waals surface area contributed by atoms with Crippen LogP contribution in [0.3, 0.4) is 0 Å². The highest BCUT2D eigenvalue weighted by molar-refractivity contribution is 8.02. The minimum Gasteiger partial charge on any atom is -0.369 e. The molecule has 0 saturated carbocycles. The maximum Gasteiger partial charge on any atom is 0.484 e. The van der Waals surface area contributed by atoms with Gasteiger partial charge in [-0.2, -0.15) is 18.4 Å². The van der Waals surface area contributed by atoms with Crippen LogP contribution in [0.15, 0.2) is 46.2 Å². The Morgan fingerprint density at radius 3 is 2.64 bits per heavy atom. The van der Waals surface area contributed by atoms with Crippen LogP contribution >= 0.6 is 11.8 Å². The van der Waals surface area contributed by atoms with Gasteiger partial charge in [0.05, 0.1) is 11.5 Å². The van der Waals surface area contributed by atoms with E-state index in [1.165, 1.54) is 6.08 Å². The summed E-state index contributed by atoms with van der Waals surface area (Å²) in [6.07, 6.45) is 1.40. The highest BCUT2D eigenvalue weighted by Gasteiger charge is 2.53. The van der Waals surface area contributed by atoms with E-state index >= 15 is 0 Å². The quantitative estimate of drug-likeness (QED) is 0.488. The van der Waals surface area contributed by atoms with Crippen LogP contribution in [0.5, 0.6) is 0 Å². The molecule has 0 aromatic rings. The molecule has 1 fully saturated rings. The van der Waals surface area contributed by atoms with Crippen molar-refractivity contribution in [3.05, 3.63) is 46.2 Å². The molecule has 0 radical (unpaired) electrons. The monoisotopic (exact) mass is 408 g/mol. The molecule has 1 spiro atoms. The van der Waals surface area contributed by atoms with E-state index in [0.717, 1.165) is 43.0 Å². The molecule has 150 valence electrons. The summed E-state index contributed by atoms with van der Waals surface area (Å²) in [7, 11) is 2.07. The number of thioether (sulfide) groups is 1. The summed E-state index contributed by atoms with van der Waals surface area (Å²) in [4.78, 5) is 5.08. The van der Waals surface area contributed by atoms with Crippen LogP contribution in [0.25, 0.3) is 0 Å². The third kappa shape index (κ3) is 3.25. The molecule has 4 nitrogen and oxygen atoms in total. The zero-order valence-electron chi connectivity index (χ0n) is 15.8. The van der Waals surface area contributed by atoms with Gasteiger partial charge >= 0.3 is 6.30 Å². The van der Waals surface area contributed by atoms with Gasteiger partial charge < -0.3 is 9.80 Å². The Labute approximate surface area is 167 Å². The largest absolute Gasteiger partial charge is 0.484 e. The van der Waals surface area contributed by atoms with Gasteiger partial charge in [0.1, 0.15) is 0 Å². The average molecular weight is 408 g/mol. The fourth-order valence-corrected chi connectivity index (χ4v) is 5.92. The minimum absolute atomic E-state index is 0.169. The Kier molecular flexibility index (Phi) is 5.00. The van der Waals surface area contributed by atoms with Crippen molar-refractivity contribution in [3.8, 4) is 6.07 Å². The van der Waals surface area contributed by atoms with E-state index in [-0.39, 0.29) is 6.54 Å². The number of nitriles is 1. The van der Waals surface area contributed by atoms with Crippen LogP contribution in [-0.4, -0.2) is 66.5 Å². The van der Waals surface area contributed by atoms with Crippen LogP contribution in [-0.2, 0) is 0 Å². The van der Waals surface area contributed by atoms with Crippen LogP contribution in [0.1, 0.15) is 12.8 Å². The highest BCUT2D eigenvalue weighted by atomic mass is 32.2. The Hall–Kier alpha value is -1.85. The van der Waals surface area contributed by atoms with Crippen molar-refractivity contribution in [1.82, 2.24) is 14.7 Å². The van der Waals surface area contributed by atoms with E-state index < -0.39 is 11.7 Å². The Bertz CT molecular complexity index is 812.